The third-order valence-electron chi connectivity index (χ3n) is 3.04. The van der Waals surface area contributed by atoms with Gasteiger partial charge in [0.15, 0.2) is 0 Å². The Morgan fingerprint density at radius 3 is 2.28 bits per heavy atom. The number of amides is 1. The summed E-state index contributed by atoms with van der Waals surface area (Å²) in [5.41, 5.74) is 0.106. The van der Waals surface area contributed by atoms with Gasteiger partial charge in [0.2, 0.25) is 5.91 Å². The van der Waals surface area contributed by atoms with E-state index in [0.717, 1.165) is 12.1 Å². The molecule has 0 spiro atoms. The van der Waals surface area contributed by atoms with E-state index in [1.165, 1.54) is 37.3 Å². The van der Waals surface area contributed by atoms with Gasteiger partial charge in [0.05, 0.1) is 22.4 Å². The Kier molecular flexibility index (Phi) is 5.63. The van der Waals surface area contributed by atoms with E-state index in [0.29, 0.717) is 5.75 Å². The fraction of sp³-hybridized carbons (Fsp3) is 0.235. The second kappa shape index (κ2) is 7.52. The lowest BCUT2D eigenvalue weighted by molar-refractivity contribution is -0.114. The van der Waals surface area contributed by atoms with E-state index in [1.807, 2.05) is 13.8 Å². The van der Waals surface area contributed by atoms with Crippen LogP contribution in [-0.4, -0.2) is 20.4 Å². The van der Waals surface area contributed by atoms with Crippen LogP contribution < -0.4 is 14.8 Å². The number of anilines is 2. The lowest BCUT2D eigenvalue weighted by Crippen LogP contribution is -2.16. The minimum absolute atomic E-state index is 0.0124. The van der Waals surface area contributed by atoms with Gasteiger partial charge in [-0.3, -0.25) is 9.52 Å². The Balaban J connectivity index is 2.29. The van der Waals surface area contributed by atoms with Crippen LogP contribution in [0.2, 0.25) is 0 Å². The zero-order chi connectivity index (χ0) is 18.6. The highest BCUT2D eigenvalue weighted by atomic mass is 32.2. The van der Waals surface area contributed by atoms with E-state index >= 15 is 0 Å². The van der Waals surface area contributed by atoms with E-state index in [-0.39, 0.29) is 22.4 Å². The Labute approximate surface area is 146 Å². The van der Waals surface area contributed by atoms with E-state index in [2.05, 4.69) is 10.0 Å². The number of hydrogen-bond acceptors (Lipinski definition) is 4. The number of halogens is 1. The molecule has 134 valence electrons. The molecule has 0 saturated carbocycles. The van der Waals surface area contributed by atoms with Crippen molar-refractivity contribution in [3.8, 4) is 5.75 Å². The van der Waals surface area contributed by atoms with E-state index in [9.17, 15) is 17.6 Å². The van der Waals surface area contributed by atoms with E-state index < -0.39 is 21.7 Å². The maximum absolute atomic E-state index is 13.5. The second-order valence-corrected chi connectivity index (χ2v) is 7.30. The van der Waals surface area contributed by atoms with Gasteiger partial charge in [0.25, 0.3) is 10.0 Å². The second-order valence-electron chi connectivity index (χ2n) is 5.61. The van der Waals surface area contributed by atoms with Crippen molar-refractivity contribution in [2.24, 2.45) is 0 Å². The molecular weight excluding hydrogens is 347 g/mol. The topological polar surface area (TPSA) is 84.5 Å². The number of ether oxygens (including phenoxy) is 1. The summed E-state index contributed by atoms with van der Waals surface area (Å²) in [6, 6.07) is 9.26. The van der Waals surface area contributed by atoms with Crippen molar-refractivity contribution in [3.63, 3.8) is 0 Å². The third-order valence-corrected chi connectivity index (χ3v) is 4.42. The van der Waals surface area contributed by atoms with Crippen LogP contribution in [0.25, 0.3) is 0 Å². The standard InChI is InChI=1S/C17H19FN2O4S/c1-11(2)24-14-5-7-15(8-6-14)25(22,23)20-17-10-13(18)4-9-16(17)19-12(3)21/h4-11,20H,1-3H3,(H,19,21). The fourth-order valence-electron chi connectivity index (χ4n) is 2.07. The molecule has 2 N–H and O–H groups in total. The van der Waals surface area contributed by atoms with Crippen molar-refractivity contribution in [1.29, 1.82) is 0 Å². The maximum Gasteiger partial charge on any atom is 0.261 e. The summed E-state index contributed by atoms with van der Waals surface area (Å²) >= 11 is 0. The lowest BCUT2D eigenvalue weighted by atomic mass is 10.2. The van der Waals surface area contributed by atoms with Crippen LogP contribution in [0.1, 0.15) is 20.8 Å². The number of carbonyl (C=O) groups excluding carboxylic acids is 1. The molecule has 2 rings (SSSR count). The van der Waals surface area contributed by atoms with Gasteiger partial charge >= 0.3 is 0 Å². The van der Waals surface area contributed by atoms with Gasteiger partial charge in [0, 0.05) is 13.0 Å². The minimum atomic E-state index is -3.96. The van der Waals surface area contributed by atoms with Gasteiger partial charge in [-0.15, -0.1) is 0 Å². The van der Waals surface area contributed by atoms with Gasteiger partial charge in [-0.25, -0.2) is 12.8 Å². The van der Waals surface area contributed by atoms with E-state index in [4.69, 9.17) is 4.74 Å². The molecule has 0 saturated heterocycles. The Morgan fingerprint density at radius 2 is 1.72 bits per heavy atom. The molecule has 8 heteroatoms. The summed E-state index contributed by atoms with van der Waals surface area (Å²) < 4.78 is 46.2. The van der Waals surface area contributed by atoms with Crippen LogP contribution in [0.3, 0.4) is 0 Å². The smallest absolute Gasteiger partial charge is 0.261 e. The lowest BCUT2D eigenvalue weighted by Gasteiger charge is -2.14. The fourth-order valence-corrected chi connectivity index (χ4v) is 3.14. The predicted octanol–water partition coefficient (Wildman–Crippen LogP) is 3.37. The van der Waals surface area contributed by atoms with Crippen molar-refractivity contribution in [3.05, 3.63) is 48.3 Å². The molecule has 2 aromatic rings. The summed E-state index contributed by atoms with van der Waals surface area (Å²) in [5, 5.41) is 2.45. The van der Waals surface area contributed by atoms with Crippen molar-refractivity contribution >= 4 is 27.3 Å². The summed E-state index contributed by atoms with van der Waals surface area (Å²) in [7, 11) is -3.96. The average molecular weight is 366 g/mol. The monoisotopic (exact) mass is 366 g/mol. The zero-order valence-electron chi connectivity index (χ0n) is 14.0. The van der Waals surface area contributed by atoms with E-state index in [1.54, 1.807) is 0 Å². The molecule has 0 aromatic heterocycles. The quantitative estimate of drug-likeness (QED) is 0.821. The van der Waals surface area contributed by atoms with Crippen molar-refractivity contribution in [2.75, 3.05) is 10.0 Å². The highest BCUT2D eigenvalue weighted by Crippen LogP contribution is 2.26. The number of nitrogens with one attached hydrogen (secondary N) is 2. The minimum Gasteiger partial charge on any atom is -0.491 e. The number of benzene rings is 2. The molecule has 0 atom stereocenters. The van der Waals surface area contributed by atoms with Crippen molar-refractivity contribution in [2.45, 2.75) is 31.8 Å². The largest absolute Gasteiger partial charge is 0.491 e. The van der Waals surface area contributed by atoms with Crippen LogP contribution >= 0.6 is 0 Å². The van der Waals surface area contributed by atoms with Crippen LogP contribution in [0.15, 0.2) is 47.4 Å². The Hall–Kier alpha value is -2.61. The summed E-state index contributed by atoms with van der Waals surface area (Å²) in [4.78, 5) is 11.2. The molecule has 6 nitrogen and oxygen atoms in total. The first-order valence-corrected chi connectivity index (χ1v) is 9.02. The maximum atomic E-state index is 13.5. The van der Waals surface area contributed by atoms with Crippen molar-refractivity contribution in [1.82, 2.24) is 0 Å². The van der Waals surface area contributed by atoms with Gasteiger partial charge < -0.3 is 10.1 Å². The highest BCUT2D eigenvalue weighted by Gasteiger charge is 2.17. The Morgan fingerprint density at radius 1 is 1.08 bits per heavy atom. The van der Waals surface area contributed by atoms with Gasteiger partial charge in [0.1, 0.15) is 11.6 Å². The summed E-state index contributed by atoms with van der Waals surface area (Å²) in [6.45, 7) is 4.99. The number of carbonyl (C=O) groups is 1. The van der Waals surface area contributed by atoms with Gasteiger partial charge in [-0.2, -0.15) is 0 Å². The highest BCUT2D eigenvalue weighted by molar-refractivity contribution is 7.92. The molecule has 1 amide bonds. The molecule has 0 aliphatic carbocycles. The molecule has 0 fully saturated rings. The molecular formula is C17H19FN2O4S. The summed E-state index contributed by atoms with van der Waals surface area (Å²) in [6.07, 6.45) is -0.0342. The molecule has 0 radical (unpaired) electrons. The van der Waals surface area contributed by atoms with Crippen LogP contribution in [0, 0.1) is 5.82 Å². The van der Waals surface area contributed by atoms with Crippen molar-refractivity contribution < 1.29 is 22.3 Å². The summed E-state index contributed by atoms with van der Waals surface area (Å²) in [5.74, 6) is -0.492. The van der Waals surface area contributed by atoms with Gasteiger partial charge in [-0.1, -0.05) is 0 Å². The van der Waals surface area contributed by atoms with Crippen LogP contribution in [0.5, 0.6) is 5.75 Å². The first-order valence-electron chi connectivity index (χ1n) is 7.54. The van der Waals surface area contributed by atoms with Gasteiger partial charge in [-0.05, 0) is 50.2 Å². The number of sulfonamides is 1. The zero-order valence-corrected chi connectivity index (χ0v) is 14.9. The molecule has 0 bridgehead atoms. The van der Waals surface area contributed by atoms with Crippen LogP contribution in [-0.2, 0) is 14.8 Å². The predicted molar refractivity (Wildman–Crippen MR) is 93.7 cm³/mol. The average Bonchev–Trinajstić information content (AvgIpc) is 2.49. The SMILES string of the molecule is CC(=O)Nc1ccc(F)cc1NS(=O)(=O)c1ccc(OC(C)C)cc1. The molecule has 2 aromatic carbocycles. The third kappa shape index (κ3) is 5.18. The number of rotatable bonds is 6. The first kappa shape index (κ1) is 18.7. The molecule has 0 aliphatic heterocycles. The molecule has 25 heavy (non-hydrogen) atoms. The van der Waals surface area contributed by atoms with Crippen LogP contribution in [0.4, 0.5) is 15.8 Å². The normalized spacial score (nSPS) is 11.2. The molecule has 0 heterocycles. The first-order chi connectivity index (χ1) is 11.7. The molecule has 0 unspecified atom stereocenters. The Bertz CT molecular complexity index is 865. The number of hydrogen-bond donors (Lipinski definition) is 2. The molecule has 0 aliphatic rings.